The van der Waals surface area contributed by atoms with E-state index in [0.29, 0.717) is 19.6 Å². The van der Waals surface area contributed by atoms with Gasteiger partial charge in [-0.2, -0.15) is 0 Å². The van der Waals surface area contributed by atoms with Gasteiger partial charge in [-0.15, -0.1) is 0 Å². The lowest BCUT2D eigenvalue weighted by molar-refractivity contribution is -0.147. The highest BCUT2D eigenvalue weighted by Gasteiger charge is 2.39. The maximum absolute atomic E-state index is 13.5. The Hall–Kier alpha value is -2.17. The summed E-state index contributed by atoms with van der Waals surface area (Å²) in [6.45, 7) is 2.00. The first-order chi connectivity index (χ1) is 13.8. The number of ether oxygens (including phenoxy) is 1. The van der Waals surface area contributed by atoms with Crippen molar-refractivity contribution < 1.29 is 9.53 Å². The number of hydrogen-bond donors (Lipinski definition) is 1. The van der Waals surface area contributed by atoms with Gasteiger partial charge in [-0.1, -0.05) is 73.5 Å². The average Bonchev–Trinajstić information content (AvgIpc) is 3.42. The van der Waals surface area contributed by atoms with Crippen LogP contribution in [0.5, 0.6) is 0 Å². The number of likely N-dealkylation sites (tertiary alicyclic amines) is 1. The average molecular weight is 379 g/mol. The SMILES string of the molecule is NC[C@@H]1CN(C(=O)C(OC2CCCC2)c2ccccc2)C[C@H]1c1ccccc1. The Kier molecular flexibility index (Phi) is 6.08. The van der Waals surface area contributed by atoms with Crippen molar-refractivity contribution in [2.45, 2.75) is 43.8 Å². The van der Waals surface area contributed by atoms with Gasteiger partial charge >= 0.3 is 0 Å². The number of carbonyl (C=O) groups is 1. The molecule has 2 aromatic carbocycles. The molecule has 2 N–H and O–H groups in total. The molecule has 2 aliphatic rings. The molecule has 1 amide bonds. The van der Waals surface area contributed by atoms with E-state index in [1.54, 1.807) is 0 Å². The van der Waals surface area contributed by atoms with Crippen molar-refractivity contribution in [3.8, 4) is 0 Å². The van der Waals surface area contributed by atoms with E-state index in [0.717, 1.165) is 18.4 Å². The molecule has 0 aromatic heterocycles. The lowest BCUT2D eigenvalue weighted by atomic mass is 9.89. The van der Waals surface area contributed by atoms with E-state index in [-0.39, 0.29) is 23.8 Å². The summed E-state index contributed by atoms with van der Waals surface area (Å²) in [7, 11) is 0. The quantitative estimate of drug-likeness (QED) is 0.830. The molecule has 1 aliphatic heterocycles. The predicted molar refractivity (Wildman–Crippen MR) is 111 cm³/mol. The molecule has 0 bridgehead atoms. The summed E-state index contributed by atoms with van der Waals surface area (Å²) in [5, 5.41) is 0. The number of carbonyl (C=O) groups excluding carboxylic acids is 1. The van der Waals surface area contributed by atoms with E-state index in [9.17, 15) is 4.79 Å². The molecule has 3 atom stereocenters. The second-order valence-electron chi connectivity index (χ2n) is 8.09. The van der Waals surface area contributed by atoms with Crippen LogP contribution in [-0.4, -0.2) is 36.5 Å². The van der Waals surface area contributed by atoms with E-state index in [1.807, 2.05) is 41.3 Å². The van der Waals surface area contributed by atoms with Crippen LogP contribution < -0.4 is 5.73 Å². The van der Waals surface area contributed by atoms with Crippen LogP contribution in [0.25, 0.3) is 0 Å². The first kappa shape index (κ1) is 19.2. The number of rotatable bonds is 6. The molecule has 0 radical (unpaired) electrons. The Labute approximate surface area is 167 Å². The Bertz CT molecular complexity index is 759. The second-order valence-corrected chi connectivity index (χ2v) is 8.09. The molecule has 0 spiro atoms. The molecule has 1 heterocycles. The highest BCUT2D eigenvalue weighted by Crippen LogP contribution is 2.35. The van der Waals surface area contributed by atoms with Crippen LogP contribution in [0, 0.1) is 5.92 Å². The van der Waals surface area contributed by atoms with E-state index in [4.69, 9.17) is 10.5 Å². The standard InChI is InChI=1S/C24H30N2O2/c25-15-20-16-26(17-22(20)18-9-3-1-4-10-18)24(27)23(19-11-5-2-6-12-19)28-21-13-7-8-14-21/h1-6,9-12,20-23H,7-8,13-17,25H2/t20-,22+,23?/m1/s1. The summed E-state index contributed by atoms with van der Waals surface area (Å²) >= 11 is 0. The zero-order chi connectivity index (χ0) is 19.3. The van der Waals surface area contributed by atoms with Gasteiger partial charge in [0, 0.05) is 19.0 Å². The number of amides is 1. The van der Waals surface area contributed by atoms with Gasteiger partial charge in [-0.3, -0.25) is 4.79 Å². The van der Waals surface area contributed by atoms with Gasteiger partial charge in [0.2, 0.25) is 0 Å². The van der Waals surface area contributed by atoms with Gasteiger partial charge in [-0.25, -0.2) is 0 Å². The highest BCUT2D eigenvalue weighted by atomic mass is 16.5. The Morgan fingerprint density at radius 2 is 1.64 bits per heavy atom. The monoisotopic (exact) mass is 378 g/mol. The molecular formula is C24H30N2O2. The predicted octanol–water partition coefficient (Wildman–Crippen LogP) is 3.89. The fraction of sp³-hybridized carbons (Fsp3) is 0.458. The van der Waals surface area contributed by atoms with Crippen molar-refractivity contribution in [1.82, 2.24) is 4.90 Å². The molecule has 4 rings (SSSR count). The maximum atomic E-state index is 13.5. The van der Waals surface area contributed by atoms with E-state index >= 15 is 0 Å². The fourth-order valence-electron chi connectivity index (χ4n) is 4.66. The van der Waals surface area contributed by atoms with Gasteiger partial charge in [-0.05, 0) is 36.4 Å². The van der Waals surface area contributed by atoms with Gasteiger partial charge < -0.3 is 15.4 Å². The van der Waals surface area contributed by atoms with Crippen LogP contribution in [0.4, 0.5) is 0 Å². The molecule has 2 fully saturated rings. The molecule has 1 unspecified atom stereocenters. The van der Waals surface area contributed by atoms with Crippen molar-refractivity contribution in [3.05, 3.63) is 71.8 Å². The molecule has 1 saturated heterocycles. The zero-order valence-corrected chi connectivity index (χ0v) is 16.4. The molecule has 2 aromatic rings. The van der Waals surface area contributed by atoms with E-state index in [2.05, 4.69) is 24.3 Å². The highest BCUT2D eigenvalue weighted by molar-refractivity contribution is 5.83. The molecule has 28 heavy (non-hydrogen) atoms. The van der Waals surface area contributed by atoms with Crippen molar-refractivity contribution in [2.24, 2.45) is 11.7 Å². The molecule has 1 aliphatic carbocycles. The minimum Gasteiger partial charge on any atom is -0.360 e. The normalized spacial score (nSPS) is 23.8. The molecule has 4 nitrogen and oxygen atoms in total. The number of nitrogens with zero attached hydrogens (tertiary/aromatic N) is 1. The van der Waals surface area contributed by atoms with Crippen LogP contribution in [0.2, 0.25) is 0 Å². The largest absolute Gasteiger partial charge is 0.360 e. The zero-order valence-electron chi connectivity index (χ0n) is 16.4. The first-order valence-corrected chi connectivity index (χ1v) is 10.5. The van der Waals surface area contributed by atoms with Crippen molar-refractivity contribution in [2.75, 3.05) is 19.6 Å². The lowest BCUT2D eigenvalue weighted by Gasteiger charge is -2.26. The fourth-order valence-corrected chi connectivity index (χ4v) is 4.66. The van der Waals surface area contributed by atoms with Gasteiger partial charge in [0.25, 0.3) is 5.91 Å². The summed E-state index contributed by atoms with van der Waals surface area (Å²) in [5.41, 5.74) is 8.29. The molecular weight excluding hydrogens is 348 g/mol. The number of nitrogens with two attached hydrogens (primary N) is 1. The summed E-state index contributed by atoms with van der Waals surface area (Å²) in [4.78, 5) is 15.5. The topological polar surface area (TPSA) is 55.6 Å². The van der Waals surface area contributed by atoms with Crippen molar-refractivity contribution in [3.63, 3.8) is 0 Å². The van der Waals surface area contributed by atoms with Crippen LogP contribution in [0.3, 0.4) is 0 Å². The van der Waals surface area contributed by atoms with Crippen LogP contribution in [0.1, 0.15) is 48.8 Å². The van der Waals surface area contributed by atoms with Crippen LogP contribution >= 0.6 is 0 Å². The minimum absolute atomic E-state index is 0.0787. The summed E-state index contributed by atoms with van der Waals surface area (Å²) in [6.07, 6.45) is 4.15. The lowest BCUT2D eigenvalue weighted by Crippen LogP contribution is -2.36. The van der Waals surface area contributed by atoms with E-state index < -0.39 is 6.10 Å². The summed E-state index contributed by atoms with van der Waals surface area (Å²) in [5.74, 6) is 0.655. The van der Waals surface area contributed by atoms with Gasteiger partial charge in [0.05, 0.1) is 6.10 Å². The minimum atomic E-state index is -0.516. The van der Waals surface area contributed by atoms with Gasteiger partial charge in [0.1, 0.15) is 0 Å². The first-order valence-electron chi connectivity index (χ1n) is 10.5. The molecule has 4 heteroatoms. The Morgan fingerprint density at radius 1 is 1.00 bits per heavy atom. The van der Waals surface area contributed by atoms with Crippen LogP contribution in [0.15, 0.2) is 60.7 Å². The third kappa shape index (κ3) is 4.13. The van der Waals surface area contributed by atoms with Crippen molar-refractivity contribution in [1.29, 1.82) is 0 Å². The van der Waals surface area contributed by atoms with E-state index in [1.165, 1.54) is 18.4 Å². The Morgan fingerprint density at radius 3 is 2.29 bits per heavy atom. The number of hydrogen-bond acceptors (Lipinski definition) is 3. The maximum Gasteiger partial charge on any atom is 0.256 e. The summed E-state index contributed by atoms with van der Waals surface area (Å²) in [6, 6.07) is 20.4. The molecule has 148 valence electrons. The number of benzene rings is 2. The Balaban J connectivity index is 1.54. The third-order valence-corrected chi connectivity index (χ3v) is 6.24. The second kappa shape index (κ2) is 8.89. The van der Waals surface area contributed by atoms with Crippen molar-refractivity contribution >= 4 is 5.91 Å². The molecule has 1 saturated carbocycles. The smallest absolute Gasteiger partial charge is 0.256 e. The van der Waals surface area contributed by atoms with Gasteiger partial charge in [0.15, 0.2) is 6.10 Å². The van der Waals surface area contributed by atoms with Crippen LogP contribution in [-0.2, 0) is 9.53 Å². The third-order valence-electron chi connectivity index (χ3n) is 6.24. The summed E-state index contributed by atoms with van der Waals surface area (Å²) < 4.78 is 6.36.